The fourth-order valence-corrected chi connectivity index (χ4v) is 3.27. The van der Waals surface area contributed by atoms with Gasteiger partial charge in [-0.05, 0) is 36.3 Å². The highest BCUT2D eigenvalue weighted by atomic mass is 32.1. The van der Waals surface area contributed by atoms with Gasteiger partial charge in [0.25, 0.3) is 0 Å². The van der Waals surface area contributed by atoms with Crippen LogP contribution in [0.25, 0.3) is 0 Å². The molecule has 0 spiro atoms. The first-order valence-electron chi connectivity index (χ1n) is 7.48. The van der Waals surface area contributed by atoms with Gasteiger partial charge in [0.05, 0.1) is 19.1 Å². The van der Waals surface area contributed by atoms with Gasteiger partial charge in [-0.2, -0.15) is 17.9 Å². The molecule has 0 atom stereocenters. The van der Waals surface area contributed by atoms with E-state index in [1.54, 1.807) is 0 Å². The van der Waals surface area contributed by atoms with Crippen LogP contribution in [0.5, 0.6) is 5.75 Å². The lowest BCUT2D eigenvalue weighted by Gasteiger charge is -2.30. The molecule has 0 radical (unpaired) electrons. The first-order valence-corrected chi connectivity index (χ1v) is 8.11. The SMILES string of the molecule is N#CCc1ccc(OCC2(CS)CCCCCC2)cc1. The van der Waals surface area contributed by atoms with Crippen molar-refractivity contribution in [2.75, 3.05) is 12.4 Å². The van der Waals surface area contributed by atoms with E-state index < -0.39 is 0 Å². The number of hydrogen-bond acceptors (Lipinski definition) is 3. The predicted octanol–water partition coefficient (Wildman–Crippen LogP) is 4.40. The molecule has 0 N–H and O–H groups in total. The van der Waals surface area contributed by atoms with Crippen LogP contribution in [0.15, 0.2) is 24.3 Å². The molecule has 1 fully saturated rings. The summed E-state index contributed by atoms with van der Waals surface area (Å²) in [5, 5.41) is 8.67. The standard InChI is InChI=1S/C17H23NOS/c18-12-9-15-5-7-16(8-6-15)19-13-17(14-20)10-3-1-2-4-11-17/h5-8,20H,1-4,9-11,13-14H2. The van der Waals surface area contributed by atoms with Crippen LogP contribution in [0.4, 0.5) is 0 Å². The third-order valence-corrected chi connectivity index (χ3v) is 4.92. The van der Waals surface area contributed by atoms with Crippen molar-refractivity contribution >= 4 is 12.6 Å². The normalized spacial score (nSPS) is 18.0. The Balaban J connectivity index is 1.93. The van der Waals surface area contributed by atoms with Crippen LogP contribution >= 0.6 is 12.6 Å². The maximum Gasteiger partial charge on any atom is 0.119 e. The maximum absolute atomic E-state index is 8.67. The molecule has 2 rings (SSSR count). The van der Waals surface area contributed by atoms with Crippen molar-refractivity contribution < 1.29 is 4.74 Å². The Labute approximate surface area is 127 Å². The minimum absolute atomic E-state index is 0.241. The van der Waals surface area contributed by atoms with Gasteiger partial charge in [0.2, 0.25) is 0 Å². The molecule has 1 aliphatic rings. The number of benzene rings is 1. The van der Waals surface area contributed by atoms with E-state index in [0.717, 1.165) is 23.7 Å². The van der Waals surface area contributed by atoms with Crippen molar-refractivity contribution in [3.63, 3.8) is 0 Å². The third-order valence-electron chi connectivity index (χ3n) is 4.25. The van der Waals surface area contributed by atoms with Gasteiger partial charge in [0.15, 0.2) is 0 Å². The summed E-state index contributed by atoms with van der Waals surface area (Å²) < 4.78 is 6.00. The lowest BCUT2D eigenvalue weighted by Crippen LogP contribution is -2.30. The van der Waals surface area contributed by atoms with E-state index in [1.165, 1.54) is 38.5 Å². The molecule has 108 valence electrons. The van der Waals surface area contributed by atoms with E-state index in [0.29, 0.717) is 6.42 Å². The smallest absolute Gasteiger partial charge is 0.119 e. The molecule has 0 aliphatic heterocycles. The minimum Gasteiger partial charge on any atom is -0.493 e. The van der Waals surface area contributed by atoms with Gasteiger partial charge in [-0.25, -0.2) is 0 Å². The van der Waals surface area contributed by atoms with Crippen LogP contribution in [0.2, 0.25) is 0 Å². The molecule has 1 aromatic carbocycles. The van der Waals surface area contributed by atoms with Gasteiger partial charge in [-0.3, -0.25) is 0 Å². The first-order chi connectivity index (χ1) is 9.78. The van der Waals surface area contributed by atoms with Crippen molar-refractivity contribution in [3.05, 3.63) is 29.8 Å². The van der Waals surface area contributed by atoms with Gasteiger partial charge in [-0.1, -0.05) is 37.8 Å². The molecule has 1 aliphatic carbocycles. The monoisotopic (exact) mass is 289 g/mol. The van der Waals surface area contributed by atoms with Crippen molar-refractivity contribution in [1.29, 1.82) is 5.26 Å². The molecular weight excluding hydrogens is 266 g/mol. The second-order valence-corrected chi connectivity index (χ2v) is 6.16. The van der Waals surface area contributed by atoms with Crippen LogP contribution in [-0.4, -0.2) is 12.4 Å². The first kappa shape index (κ1) is 15.3. The lowest BCUT2D eigenvalue weighted by atomic mass is 9.83. The van der Waals surface area contributed by atoms with Gasteiger partial charge >= 0.3 is 0 Å². The number of rotatable bonds is 5. The Hall–Kier alpha value is -1.14. The van der Waals surface area contributed by atoms with Crippen LogP contribution in [0.3, 0.4) is 0 Å². The van der Waals surface area contributed by atoms with Crippen molar-refractivity contribution in [2.24, 2.45) is 5.41 Å². The molecular formula is C17H23NOS. The largest absolute Gasteiger partial charge is 0.493 e. The molecule has 1 aromatic rings. The summed E-state index contributed by atoms with van der Waals surface area (Å²) in [4.78, 5) is 0. The molecule has 0 saturated heterocycles. The topological polar surface area (TPSA) is 33.0 Å². The third kappa shape index (κ3) is 4.18. The molecule has 0 unspecified atom stereocenters. The quantitative estimate of drug-likeness (QED) is 0.643. The Morgan fingerprint density at radius 2 is 1.75 bits per heavy atom. The van der Waals surface area contributed by atoms with Crippen LogP contribution in [-0.2, 0) is 6.42 Å². The number of nitriles is 1. The summed E-state index contributed by atoms with van der Waals surface area (Å²) in [6, 6.07) is 10.0. The lowest BCUT2D eigenvalue weighted by molar-refractivity contribution is 0.148. The Kier molecular flexibility index (Phi) is 5.79. The average molecular weight is 289 g/mol. The number of thiol groups is 1. The molecule has 1 saturated carbocycles. The summed E-state index contributed by atoms with van der Waals surface area (Å²) in [6.45, 7) is 0.758. The second kappa shape index (κ2) is 7.59. The fourth-order valence-electron chi connectivity index (χ4n) is 2.86. The van der Waals surface area contributed by atoms with Gasteiger partial charge in [0.1, 0.15) is 5.75 Å². The van der Waals surface area contributed by atoms with Gasteiger partial charge in [-0.15, -0.1) is 0 Å². The summed E-state index contributed by atoms with van der Waals surface area (Å²) in [6.07, 6.45) is 8.19. The van der Waals surface area contributed by atoms with Crippen molar-refractivity contribution in [1.82, 2.24) is 0 Å². The van der Waals surface area contributed by atoms with Gasteiger partial charge in [0, 0.05) is 5.41 Å². The van der Waals surface area contributed by atoms with E-state index >= 15 is 0 Å². The molecule has 3 heteroatoms. The molecule has 2 nitrogen and oxygen atoms in total. The summed E-state index contributed by atoms with van der Waals surface area (Å²) in [7, 11) is 0. The zero-order valence-corrected chi connectivity index (χ0v) is 12.9. The predicted molar refractivity (Wildman–Crippen MR) is 85.2 cm³/mol. The van der Waals surface area contributed by atoms with Crippen LogP contribution in [0, 0.1) is 16.7 Å². The van der Waals surface area contributed by atoms with Crippen molar-refractivity contribution in [2.45, 2.75) is 44.9 Å². The Morgan fingerprint density at radius 3 is 2.30 bits per heavy atom. The molecule has 20 heavy (non-hydrogen) atoms. The molecule has 0 bridgehead atoms. The Morgan fingerprint density at radius 1 is 1.10 bits per heavy atom. The number of ether oxygens (including phenoxy) is 1. The average Bonchev–Trinajstić information content (AvgIpc) is 2.73. The maximum atomic E-state index is 8.67. The zero-order valence-electron chi connectivity index (χ0n) is 12.0. The second-order valence-electron chi connectivity index (χ2n) is 5.84. The van der Waals surface area contributed by atoms with Crippen LogP contribution in [0.1, 0.15) is 44.1 Å². The zero-order chi connectivity index (χ0) is 14.3. The summed E-state index contributed by atoms with van der Waals surface area (Å²) in [5.41, 5.74) is 1.28. The van der Waals surface area contributed by atoms with Gasteiger partial charge < -0.3 is 4.74 Å². The van der Waals surface area contributed by atoms with Crippen LogP contribution < -0.4 is 4.74 Å². The fraction of sp³-hybridized carbons (Fsp3) is 0.588. The van der Waals surface area contributed by atoms with Crippen molar-refractivity contribution in [3.8, 4) is 11.8 Å². The highest BCUT2D eigenvalue weighted by molar-refractivity contribution is 7.80. The van der Waals surface area contributed by atoms with E-state index in [-0.39, 0.29) is 5.41 Å². The van der Waals surface area contributed by atoms with E-state index in [1.807, 2.05) is 24.3 Å². The highest BCUT2D eigenvalue weighted by Gasteiger charge is 2.30. The number of nitrogens with zero attached hydrogens (tertiary/aromatic N) is 1. The highest BCUT2D eigenvalue weighted by Crippen LogP contribution is 2.36. The Bertz CT molecular complexity index is 441. The summed E-state index contributed by atoms with van der Waals surface area (Å²) >= 11 is 4.57. The summed E-state index contributed by atoms with van der Waals surface area (Å²) in [5.74, 6) is 1.80. The van der Waals surface area contributed by atoms with E-state index in [2.05, 4.69) is 18.7 Å². The molecule has 0 amide bonds. The molecule has 0 heterocycles. The van der Waals surface area contributed by atoms with E-state index in [4.69, 9.17) is 10.00 Å². The van der Waals surface area contributed by atoms with E-state index in [9.17, 15) is 0 Å². The number of hydrogen-bond donors (Lipinski definition) is 1. The molecule has 0 aromatic heterocycles. The minimum atomic E-state index is 0.241.